The molecule has 2 aromatic rings. The lowest BCUT2D eigenvalue weighted by atomic mass is 10.2. The van der Waals surface area contributed by atoms with Crippen molar-refractivity contribution in [3.8, 4) is 0 Å². The maximum absolute atomic E-state index is 9.14. The number of nitrogen functional groups attached to an aromatic ring is 2. The van der Waals surface area contributed by atoms with Gasteiger partial charge in [0.1, 0.15) is 5.52 Å². The van der Waals surface area contributed by atoms with Gasteiger partial charge in [-0.25, -0.2) is 0 Å². The van der Waals surface area contributed by atoms with E-state index in [1.165, 1.54) is 6.20 Å². The number of anilines is 2. The van der Waals surface area contributed by atoms with Gasteiger partial charge < -0.3 is 16.7 Å². The molecule has 5 heteroatoms. The zero-order valence-corrected chi connectivity index (χ0v) is 6.23. The summed E-state index contributed by atoms with van der Waals surface area (Å²) in [5.74, 6) is 0. The van der Waals surface area contributed by atoms with Crippen LogP contribution in [0.5, 0.6) is 0 Å². The minimum absolute atomic E-state index is 0.443. The molecule has 0 spiro atoms. The SMILES string of the molecule is Nc1cc2cnn(O)c2cc1N. The first kappa shape index (κ1) is 6.78. The molecule has 2 rings (SSSR count). The van der Waals surface area contributed by atoms with E-state index in [0.717, 1.165) is 10.2 Å². The van der Waals surface area contributed by atoms with Crippen molar-refractivity contribution in [2.45, 2.75) is 0 Å². The van der Waals surface area contributed by atoms with Crippen LogP contribution >= 0.6 is 0 Å². The van der Waals surface area contributed by atoms with Crippen LogP contribution < -0.4 is 11.5 Å². The average molecular weight is 164 g/mol. The van der Waals surface area contributed by atoms with Crippen LogP contribution in [0.3, 0.4) is 0 Å². The maximum Gasteiger partial charge on any atom is 0.112 e. The first-order valence-electron chi connectivity index (χ1n) is 3.40. The Kier molecular flexibility index (Phi) is 1.15. The number of nitrogens with two attached hydrogens (primary N) is 2. The summed E-state index contributed by atoms with van der Waals surface area (Å²) in [5, 5.41) is 13.5. The van der Waals surface area contributed by atoms with E-state index in [9.17, 15) is 0 Å². The van der Waals surface area contributed by atoms with Gasteiger partial charge in [-0.05, 0) is 12.1 Å². The van der Waals surface area contributed by atoms with Crippen molar-refractivity contribution in [2.24, 2.45) is 0 Å². The molecule has 1 aromatic carbocycles. The zero-order chi connectivity index (χ0) is 8.72. The molecule has 0 aliphatic rings. The predicted octanol–water partition coefficient (Wildman–Crippen LogP) is 0.438. The Morgan fingerprint density at radius 3 is 2.67 bits per heavy atom. The Morgan fingerprint density at radius 1 is 1.25 bits per heavy atom. The number of benzene rings is 1. The van der Waals surface area contributed by atoms with Crippen molar-refractivity contribution in [2.75, 3.05) is 11.5 Å². The molecule has 62 valence electrons. The van der Waals surface area contributed by atoms with E-state index in [4.69, 9.17) is 16.7 Å². The van der Waals surface area contributed by atoms with Crippen molar-refractivity contribution >= 4 is 22.3 Å². The molecule has 0 saturated carbocycles. The monoisotopic (exact) mass is 164 g/mol. The Morgan fingerprint density at radius 2 is 1.92 bits per heavy atom. The fraction of sp³-hybridized carbons (Fsp3) is 0. The highest BCUT2D eigenvalue weighted by atomic mass is 16.5. The number of rotatable bonds is 0. The van der Waals surface area contributed by atoms with Crippen LogP contribution in [0.1, 0.15) is 0 Å². The highest BCUT2D eigenvalue weighted by molar-refractivity contribution is 5.87. The normalized spacial score (nSPS) is 10.7. The van der Waals surface area contributed by atoms with Crippen LogP contribution in [0.4, 0.5) is 11.4 Å². The summed E-state index contributed by atoms with van der Waals surface area (Å²) in [4.78, 5) is 0.769. The summed E-state index contributed by atoms with van der Waals surface area (Å²) >= 11 is 0. The maximum atomic E-state index is 9.14. The minimum Gasteiger partial charge on any atom is -0.411 e. The summed E-state index contributed by atoms with van der Waals surface area (Å²) in [6.07, 6.45) is 1.52. The first-order valence-corrected chi connectivity index (χ1v) is 3.40. The van der Waals surface area contributed by atoms with Gasteiger partial charge in [-0.15, -0.1) is 9.94 Å². The summed E-state index contributed by atoms with van der Waals surface area (Å²) in [6, 6.07) is 3.25. The molecule has 0 radical (unpaired) electrons. The topological polar surface area (TPSA) is 90.1 Å². The molecule has 0 unspecified atom stereocenters. The number of fused-ring (bicyclic) bond motifs is 1. The fourth-order valence-electron chi connectivity index (χ4n) is 1.09. The highest BCUT2D eigenvalue weighted by Crippen LogP contribution is 2.22. The largest absolute Gasteiger partial charge is 0.411 e. The molecule has 12 heavy (non-hydrogen) atoms. The van der Waals surface area contributed by atoms with Crippen LogP contribution in [0.2, 0.25) is 0 Å². The summed E-state index contributed by atoms with van der Waals surface area (Å²) in [6.45, 7) is 0. The Hall–Kier alpha value is -1.91. The lowest BCUT2D eigenvalue weighted by Crippen LogP contribution is -1.96. The van der Waals surface area contributed by atoms with Gasteiger partial charge in [0.2, 0.25) is 0 Å². The van der Waals surface area contributed by atoms with E-state index in [1.807, 2.05) is 0 Å². The van der Waals surface area contributed by atoms with Crippen molar-refractivity contribution in [3.63, 3.8) is 0 Å². The second-order valence-electron chi connectivity index (χ2n) is 2.57. The Bertz CT molecular complexity index is 434. The van der Waals surface area contributed by atoms with Crippen LogP contribution in [0.25, 0.3) is 10.9 Å². The molecule has 5 N–H and O–H groups in total. The van der Waals surface area contributed by atoms with E-state index < -0.39 is 0 Å². The van der Waals surface area contributed by atoms with Crippen molar-refractivity contribution in [1.29, 1.82) is 0 Å². The van der Waals surface area contributed by atoms with E-state index >= 15 is 0 Å². The van der Waals surface area contributed by atoms with Gasteiger partial charge in [-0.1, -0.05) is 0 Å². The standard InChI is InChI=1S/C7H8N4O/c8-5-1-4-3-10-11(12)7(4)2-6(5)9/h1-3,12H,8-9H2. The average Bonchev–Trinajstić information content (AvgIpc) is 2.35. The van der Waals surface area contributed by atoms with Gasteiger partial charge >= 0.3 is 0 Å². The lowest BCUT2D eigenvalue weighted by molar-refractivity contribution is 0.161. The van der Waals surface area contributed by atoms with Gasteiger partial charge in [0.15, 0.2) is 0 Å². The highest BCUT2D eigenvalue weighted by Gasteiger charge is 2.03. The molecule has 0 saturated heterocycles. The molecule has 5 nitrogen and oxygen atoms in total. The molecule has 0 amide bonds. The van der Waals surface area contributed by atoms with Crippen LogP contribution in [0, 0.1) is 0 Å². The van der Waals surface area contributed by atoms with E-state index in [1.54, 1.807) is 12.1 Å². The van der Waals surface area contributed by atoms with Gasteiger partial charge in [0.25, 0.3) is 0 Å². The quantitative estimate of drug-likeness (QED) is 0.389. The predicted molar refractivity (Wildman–Crippen MR) is 45.7 cm³/mol. The van der Waals surface area contributed by atoms with Crippen LogP contribution in [0.15, 0.2) is 18.3 Å². The molecule has 0 aliphatic carbocycles. The summed E-state index contributed by atoms with van der Waals surface area (Å²) < 4.78 is 0. The Balaban J connectivity index is 2.87. The first-order chi connectivity index (χ1) is 5.68. The van der Waals surface area contributed by atoms with Crippen molar-refractivity contribution in [1.82, 2.24) is 9.94 Å². The van der Waals surface area contributed by atoms with E-state index in [2.05, 4.69) is 5.10 Å². The van der Waals surface area contributed by atoms with Gasteiger partial charge in [0.05, 0.1) is 17.6 Å². The minimum atomic E-state index is 0.443. The summed E-state index contributed by atoms with van der Waals surface area (Å²) in [5.41, 5.74) is 12.6. The zero-order valence-electron chi connectivity index (χ0n) is 6.23. The molecular formula is C7H8N4O. The van der Waals surface area contributed by atoms with Gasteiger partial charge in [-0.2, -0.15) is 0 Å². The van der Waals surface area contributed by atoms with Crippen LogP contribution in [-0.4, -0.2) is 15.2 Å². The van der Waals surface area contributed by atoms with Crippen molar-refractivity contribution in [3.05, 3.63) is 18.3 Å². The number of aromatic nitrogens is 2. The van der Waals surface area contributed by atoms with Gasteiger partial charge in [0, 0.05) is 5.39 Å². The lowest BCUT2D eigenvalue weighted by Gasteiger charge is -1.99. The third-order valence-electron chi connectivity index (χ3n) is 1.75. The summed E-state index contributed by atoms with van der Waals surface area (Å²) in [7, 11) is 0. The second kappa shape index (κ2) is 2.04. The molecule has 0 bridgehead atoms. The fourth-order valence-corrected chi connectivity index (χ4v) is 1.09. The molecule has 0 aliphatic heterocycles. The number of hydrogen-bond acceptors (Lipinski definition) is 4. The van der Waals surface area contributed by atoms with E-state index in [0.29, 0.717) is 16.9 Å². The van der Waals surface area contributed by atoms with Gasteiger partial charge in [-0.3, -0.25) is 0 Å². The Labute approximate surface area is 68.1 Å². The van der Waals surface area contributed by atoms with Crippen molar-refractivity contribution < 1.29 is 5.21 Å². The second-order valence-corrected chi connectivity index (χ2v) is 2.57. The third-order valence-corrected chi connectivity index (χ3v) is 1.75. The smallest absolute Gasteiger partial charge is 0.112 e. The molecule has 0 fully saturated rings. The van der Waals surface area contributed by atoms with E-state index in [-0.39, 0.29) is 0 Å². The molecule has 0 atom stereocenters. The molecular weight excluding hydrogens is 156 g/mol. The molecule has 1 heterocycles. The number of hydrogen-bond donors (Lipinski definition) is 3. The third kappa shape index (κ3) is 0.763. The number of nitrogens with zero attached hydrogens (tertiary/aromatic N) is 2. The van der Waals surface area contributed by atoms with Crippen LogP contribution in [-0.2, 0) is 0 Å². The molecule has 1 aromatic heterocycles.